The van der Waals surface area contributed by atoms with Gasteiger partial charge in [0.15, 0.2) is 0 Å². The van der Waals surface area contributed by atoms with Crippen LogP contribution in [0.1, 0.15) is 13.8 Å². The van der Waals surface area contributed by atoms with Gasteiger partial charge in [0.1, 0.15) is 4.90 Å². The van der Waals surface area contributed by atoms with E-state index in [-0.39, 0.29) is 29.1 Å². The monoisotopic (exact) mass is 306 g/mol. The summed E-state index contributed by atoms with van der Waals surface area (Å²) in [6, 6.07) is 4.03. The highest BCUT2D eigenvalue weighted by Crippen LogP contribution is 2.23. The Morgan fingerprint density at radius 2 is 2.05 bits per heavy atom. The van der Waals surface area contributed by atoms with Crippen LogP contribution in [0.25, 0.3) is 0 Å². The first-order valence-corrected chi connectivity index (χ1v) is 7.70. The predicted octanol–water partition coefficient (Wildman–Crippen LogP) is 1.87. The molecule has 1 unspecified atom stereocenters. The van der Waals surface area contributed by atoms with E-state index in [0.29, 0.717) is 5.02 Å². The molecule has 1 rings (SSSR count). The Kier molecular flexibility index (Phi) is 5.61. The maximum absolute atomic E-state index is 12.3. The highest BCUT2D eigenvalue weighted by Gasteiger charge is 2.24. The number of nitrogen functional groups attached to an aromatic ring is 1. The molecule has 0 bridgehead atoms. The number of halogens is 1. The van der Waals surface area contributed by atoms with Gasteiger partial charge in [-0.15, -0.1) is 0 Å². The van der Waals surface area contributed by atoms with Crippen LogP contribution in [-0.2, 0) is 14.8 Å². The maximum Gasteiger partial charge on any atom is 0.243 e. The lowest BCUT2D eigenvalue weighted by molar-refractivity contribution is 0.157. The Balaban J connectivity index is 3.06. The van der Waals surface area contributed by atoms with Gasteiger partial charge in [-0.1, -0.05) is 25.4 Å². The van der Waals surface area contributed by atoms with Gasteiger partial charge < -0.3 is 10.5 Å². The minimum atomic E-state index is -3.72. The highest BCUT2D eigenvalue weighted by atomic mass is 35.5. The summed E-state index contributed by atoms with van der Waals surface area (Å²) in [5.74, 6) is 0.0927. The number of anilines is 1. The minimum absolute atomic E-state index is 0.0123. The fraction of sp³-hybridized carbons (Fsp3) is 0.500. The average molecular weight is 307 g/mol. The van der Waals surface area contributed by atoms with Gasteiger partial charge in [-0.3, -0.25) is 0 Å². The number of nitrogens with two attached hydrogens (primary N) is 1. The molecule has 0 saturated carbocycles. The molecule has 0 aromatic heterocycles. The molecule has 108 valence electrons. The Morgan fingerprint density at radius 1 is 1.42 bits per heavy atom. The smallest absolute Gasteiger partial charge is 0.243 e. The van der Waals surface area contributed by atoms with E-state index in [1.165, 1.54) is 19.2 Å². The summed E-state index contributed by atoms with van der Waals surface area (Å²) >= 11 is 5.81. The predicted molar refractivity (Wildman–Crippen MR) is 76.7 cm³/mol. The molecule has 0 amide bonds. The molecular formula is C12H19ClN2O3S. The molecule has 1 atom stereocenters. The highest BCUT2D eigenvalue weighted by molar-refractivity contribution is 7.89. The molecule has 5 nitrogen and oxygen atoms in total. The van der Waals surface area contributed by atoms with Crippen molar-refractivity contribution in [1.29, 1.82) is 0 Å². The Hall–Kier alpha value is -0.820. The van der Waals surface area contributed by atoms with Crippen LogP contribution in [-0.4, -0.2) is 28.2 Å². The van der Waals surface area contributed by atoms with E-state index in [0.717, 1.165) is 0 Å². The Morgan fingerprint density at radius 3 is 2.58 bits per heavy atom. The van der Waals surface area contributed by atoms with Crippen molar-refractivity contribution in [1.82, 2.24) is 4.72 Å². The molecule has 0 fully saturated rings. The van der Waals surface area contributed by atoms with E-state index in [1.807, 2.05) is 13.8 Å². The molecule has 0 aliphatic heterocycles. The largest absolute Gasteiger partial charge is 0.398 e. The normalized spacial score (nSPS) is 13.7. The van der Waals surface area contributed by atoms with Crippen LogP contribution < -0.4 is 10.5 Å². The molecule has 19 heavy (non-hydrogen) atoms. The van der Waals surface area contributed by atoms with Crippen molar-refractivity contribution in [3.05, 3.63) is 23.2 Å². The topological polar surface area (TPSA) is 81.4 Å². The second-order valence-electron chi connectivity index (χ2n) is 4.61. The van der Waals surface area contributed by atoms with Gasteiger partial charge in [0.05, 0.1) is 12.3 Å². The second kappa shape index (κ2) is 6.56. The van der Waals surface area contributed by atoms with Gasteiger partial charge in [0.2, 0.25) is 10.0 Å². The molecule has 1 aromatic rings. The van der Waals surface area contributed by atoms with Crippen molar-refractivity contribution in [2.45, 2.75) is 24.8 Å². The minimum Gasteiger partial charge on any atom is -0.398 e. The summed E-state index contributed by atoms with van der Waals surface area (Å²) in [6.07, 6.45) is 0. The molecular weight excluding hydrogens is 288 g/mol. The molecule has 0 aliphatic carbocycles. The number of nitrogens with one attached hydrogen (secondary N) is 1. The molecule has 0 saturated heterocycles. The number of hydrogen-bond acceptors (Lipinski definition) is 4. The first-order chi connectivity index (χ1) is 8.77. The fourth-order valence-corrected chi connectivity index (χ4v) is 3.31. The fourth-order valence-electron chi connectivity index (χ4n) is 1.55. The third-order valence-electron chi connectivity index (χ3n) is 2.72. The van der Waals surface area contributed by atoms with Crippen LogP contribution in [0, 0.1) is 5.92 Å². The van der Waals surface area contributed by atoms with Gasteiger partial charge in [-0.25, -0.2) is 13.1 Å². The number of methoxy groups -OCH3 is 1. The zero-order valence-electron chi connectivity index (χ0n) is 11.2. The number of benzene rings is 1. The van der Waals surface area contributed by atoms with Crippen molar-refractivity contribution >= 4 is 27.3 Å². The van der Waals surface area contributed by atoms with Crippen molar-refractivity contribution < 1.29 is 13.2 Å². The lowest BCUT2D eigenvalue weighted by atomic mass is 10.1. The molecule has 0 heterocycles. The van der Waals surface area contributed by atoms with Crippen LogP contribution in [0.2, 0.25) is 5.02 Å². The van der Waals surface area contributed by atoms with Gasteiger partial charge >= 0.3 is 0 Å². The van der Waals surface area contributed by atoms with Gasteiger partial charge in [-0.05, 0) is 24.1 Å². The van der Waals surface area contributed by atoms with Crippen LogP contribution in [0.3, 0.4) is 0 Å². The Bertz CT molecular complexity index is 532. The van der Waals surface area contributed by atoms with Crippen molar-refractivity contribution in [3.8, 4) is 0 Å². The molecule has 0 aliphatic rings. The van der Waals surface area contributed by atoms with E-state index in [9.17, 15) is 8.42 Å². The van der Waals surface area contributed by atoms with Crippen molar-refractivity contribution in [2.24, 2.45) is 5.92 Å². The van der Waals surface area contributed by atoms with Crippen molar-refractivity contribution in [2.75, 3.05) is 19.5 Å². The number of rotatable bonds is 6. The number of hydrogen-bond donors (Lipinski definition) is 2. The quantitative estimate of drug-likeness (QED) is 0.786. The second-order valence-corrected chi connectivity index (χ2v) is 6.73. The van der Waals surface area contributed by atoms with E-state index in [1.54, 1.807) is 6.07 Å². The lowest BCUT2D eigenvalue weighted by Gasteiger charge is -2.21. The summed E-state index contributed by atoms with van der Waals surface area (Å²) in [5, 5.41) is 0.322. The lowest BCUT2D eigenvalue weighted by Crippen LogP contribution is -2.41. The standard InChI is InChI=1S/C12H19ClN2O3S/c1-8(2)11(7-18-3)15-19(16,17)12-6-9(13)4-5-10(12)14/h4-6,8,11,15H,7,14H2,1-3H3. The van der Waals surface area contributed by atoms with E-state index in [2.05, 4.69) is 4.72 Å². The summed E-state index contributed by atoms with van der Waals surface area (Å²) < 4.78 is 32.2. The number of sulfonamides is 1. The van der Waals surface area contributed by atoms with Crippen LogP contribution in [0.15, 0.2) is 23.1 Å². The van der Waals surface area contributed by atoms with Crippen LogP contribution >= 0.6 is 11.6 Å². The molecule has 7 heteroatoms. The third kappa shape index (κ3) is 4.35. The van der Waals surface area contributed by atoms with E-state index < -0.39 is 10.0 Å². The average Bonchev–Trinajstić information content (AvgIpc) is 2.31. The Labute approximate surface area is 119 Å². The van der Waals surface area contributed by atoms with Gasteiger partial charge in [0, 0.05) is 18.2 Å². The summed E-state index contributed by atoms with van der Waals surface area (Å²) in [6.45, 7) is 4.11. The number of ether oxygens (including phenoxy) is 1. The maximum atomic E-state index is 12.3. The van der Waals surface area contributed by atoms with Crippen LogP contribution in [0.5, 0.6) is 0 Å². The van der Waals surface area contributed by atoms with Gasteiger partial charge in [0.25, 0.3) is 0 Å². The molecule has 0 radical (unpaired) electrons. The zero-order valence-corrected chi connectivity index (χ0v) is 12.8. The molecule has 1 aromatic carbocycles. The van der Waals surface area contributed by atoms with E-state index >= 15 is 0 Å². The van der Waals surface area contributed by atoms with Crippen molar-refractivity contribution in [3.63, 3.8) is 0 Å². The molecule has 3 N–H and O–H groups in total. The summed E-state index contributed by atoms with van der Waals surface area (Å²) in [7, 11) is -2.19. The first kappa shape index (κ1) is 16.2. The zero-order chi connectivity index (χ0) is 14.6. The molecule has 0 spiro atoms. The SMILES string of the molecule is COCC(NS(=O)(=O)c1cc(Cl)ccc1N)C(C)C. The van der Waals surface area contributed by atoms with Gasteiger partial charge in [-0.2, -0.15) is 0 Å². The third-order valence-corrected chi connectivity index (χ3v) is 4.50. The summed E-state index contributed by atoms with van der Waals surface area (Å²) in [5.41, 5.74) is 5.86. The summed E-state index contributed by atoms with van der Waals surface area (Å²) in [4.78, 5) is -0.0123. The van der Waals surface area contributed by atoms with E-state index in [4.69, 9.17) is 22.1 Å². The van der Waals surface area contributed by atoms with Crippen LogP contribution in [0.4, 0.5) is 5.69 Å². The first-order valence-electron chi connectivity index (χ1n) is 5.84.